The number of hydrogen-bond donors (Lipinski definition) is 1. The zero-order chi connectivity index (χ0) is 27.3. The number of alkyl carbamates (subject to hydrolysis) is 1. The lowest BCUT2D eigenvalue weighted by molar-refractivity contribution is 0.107. The molecule has 2 amide bonds. The van der Waals surface area contributed by atoms with Crippen molar-refractivity contribution in [1.29, 1.82) is 0 Å². The summed E-state index contributed by atoms with van der Waals surface area (Å²) in [6.07, 6.45) is 0.289. The van der Waals surface area contributed by atoms with Gasteiger partial charge in [-0.3, -0.25) is 0 Å². The number of carbonyl (C=O) groups excluding carboxylic acids is 2. The highest BCUT2D eigenvalue weighted by Crippen LogP contribution is 2.19. The van der Waals surface area contributed by atoms with E-state index in [2.05, 4.69) is 11.9 Å². The molecule has 2 rings (SSSR count). The van der Waals surface area contributed by atoms with Gasteiger partial charge in [0.25, 0.3) is 0 Å². The minimum absolute atomic E-state index is 0.0175. The Balaban J connectivity index is 1.79. The smallest absolute Gasteiger partial charge is 0.445 e. The summed E-state index contributed by atoms with van der Waals surface area (Å²) in [7, 11) is -4.19. The summed E-state index contributed by atoms with van der Waals surface area (Å²) >= 11 is 0. The average Bonchev–Trinajstić information content (AvgIpc) is 2.85. The fourth-order valence-electron chi connectivity index (χ4n) is 2.79. The summed E-state index contributed by atoms with van der Waals surface area (Å²) in [5, 5.41) is 2.60. The molecule has 2 aromatic rings. The van der Waals surface area contributed by atoms with Crippen molar-refractivity contribution in [3.8, 4) is 5.75 Å². The molecule has 2 aromatic carbocycles. The van der Waals surface area contributed by atoms with Gasteiger partial charge in [-0.15, -0.1) is 0 Å². The number of hydrogen-bond acceptors (Lipinski definition) is 8. The van der Waals surface area contributed by atoms with E-state index in [0.29, 0.717) is 12.1 Å². The normalized spacial score (nSPS) is 11.3. The molecule has 10 nitrogen and oxygen atoms in total. The highest BCUT2D eigenvalue weighted by molar-refractivity contribution is 7.82. The second kappa shape index (κ2) is 14.2. The molecule has 202 valence electrons. The predicted octanol–water partition coefficient (Wildman–Crippen LogP) is 4.42. The third-order valence-electron chi connectivity index (χ3n) is 4.58. The Morgan fingerprint density at radius 1 is 1.00 bits per heavy atom. The number of benzene rings is 2. The Bertz CT molecular complexity index is 1110. The van der Waals surface area contributed by atoms with Gasteiger partial charge >= 0.3 is 22.6 Å². The molecule has 11 heteroatoms. The fraction of sp³-hybridized carbons (Fsp3) is 0.385. The monoisotopic (exact) mass is 534 g/mol. The Kier molecular flexibility index (Phi) is 11.4. The molecule has 0 saturated heterocycles. The highest BCUT2D eigenvalue weighted by atomic mass is 32.3. The summed E-state index contributed by atoms with van der Waals surface area (Å²) in [5.74, 6) is 0.0731. The summed E-state index contributed by atoms with van der Waals surface area (Å²) < 4.78 is 44.0. The van der Waals surface area contributed by atoms with Gasteiger partial charge in [0.2, 0.25) is 0 Å². The number of ether oxygens (including phenoxy) is 2. The standard InChI is InChI=1S/C26H34N2O8S/c1-5-17-33-25(30)28(18-21-9-7-6-8-10-21)16-15-27-24(29)34-19-22-11-13-23(14-12-22)36-37(31,32)35-20-26(2,3)4/h5-14H,1,15-20H2,2-4H3,(H,27,29). The zero-order valence-corrected chi connectivity index (χ0v) is 22.2. The first-order chi connectivity index (χ1) is 17.5. The lowest BCUT2D eigenvalue weighted by Gasteiger charge is -2.22. The second-order valence-corrected chi connectivity index (χ2v) is 10.5. The van der Waals surface area contributed by atoms with Gasteiger partial charge in [0, 0.05) is 19.6 Å². The molecule has 0 aliphatic rings. The molecular formula is C26H34N2O8S. The maximum Gasteiger partial charge on any atom is 0.449 e. The molecule has 37 heavy (non-hydrogen) atoms. The lowest BCUT2D eigenvalue weighted by Crippen LogP contribution is -2.38. The van der Waals surface area contributed by atoms with E-state index in [4.69, 9.17) is 17.8 Å². The average molecular weight is 535 g/mol. The SMILES string of the molecule is C=CCOC(=O)N(CCNC(=O)OCc1ccc(OS(=O)(=O)OCC(C)(C)C)cc1)Cc1ccccc1. The van der Waals surface area contributed by atoms with Crippen molar-refractivity contribution in [3.05, 3.63) is 78.4 Å². The minimum atomic E-state index is -4.19. The maximum atomic E-state index is 12.3. The molecule has 1 N–H and O–H groups in total. The molecular weight excluding hydrogens is 500 g/mol. The summed E-state index contributed by atoms with van der Waals surface area (Å²) in [6, 6.07) is 15.4. The van der Waals surface area contributed by atoms with Gasteiger partial charge in [0.15, 0.2) is 0 Å². The van der Waals surface area contributed by atoms with Crippen molar-refractivity contribution in [3.63, 3.8) is 0 Å². The van der Waals surface area contributed by atoms with Crippen LogP contribution in [0.2, 0.25) is 0 Å². The Hall–Kier alpha value is -3.57. The van der Waals surface area contributed by atoms with Gasteiger partial charge in [-0.2, -0.15) is 8.42 Å². The van der Waals surface area contributed by atoms with Crippen molar-refractivity contribution >= 4 is 22.6 Å². The van der Waals surface area contributed by atoms with Gasteiger partial charge in [-0.05, 0) is 28.7 Å². The lowest BCUT2D eigenvalue weighted by atomic mass is 9.99. The third-order valence-corrected chi connectivity index (χ3v) is 5.38. The van der Waals surface area contributed by atoms with Gasteiger partial charge in [0.1, 0.15) is 19.0 Å². The molecule has 0 bridgehead atoms. The number of rotatable bonds is 13. The molecule has 0 atom stereocenters. The molecule has 0 spiro atoms. The molecule has 0 fully saturated rings. The molecule has 0 aliphatic carbocycles. The van der Waals surface area contributed by atoms with Gasteiger partial charge in [-0.25, -0.2) is 13.8 Å². The van der Waals surface area contributed by atoms with E-state index < -0.39 is 22.6 Å². The van der Waals surface area contributed by atoms with Gasteiger partial charge in [0.05, 0.1) is 6.61 Å². The summed E-state index contributed by atoms with van der Waals surface area (Å²) in [5.41, 5.74) is 1.20. The van der Waals surface area contributed by atoms with Crippen LogP contribution in [0.3, 0.4) is 0 Å². The Morgan fingerprint density at radius 3 is 2.30 bits per heavy atom. The van der Waals surface area contributed by atoms with Gasteiger partial charge < -0.3 is 23.9 Å². The number of nitrogens with zero attached hydrogens (tertiary/aromatic N) is 1. The van der Waals surface area contributed by atoms with E-state index in [1.165, 1.54) is 23.1 Å². The molecule has 0 radical (unpaired) electrons. The van der Waals surface area contributed by atoms with Crippen LogP contribution >= 0.6 is 0 Å². The van der Waals surface area contributed by atoms with Crippen molar-refractivity contribution in [2.75, 3.05) is 26.3 Å². The van der Waals surface area contributed by atoms with Crippen LogP contribution in [0.4, 0.5) is 9.59 Å². The van der Waals surface area contributed by atoms with Crippen molar-refractivity contribution in [2.24, 2.45) is 5.41 Å². The molecule has 0 aliphatic heterocycles. The maximum absolute atomic E-state index is 12.3. The van der Waals surface area contributed by atoms with E-state index in [1.54, 1.807) is 12.1 Å². The first-order valence-electron chi connectivity index (χ1n) is 11.6. The summed E-state index contributed by atoms with van der Waals surface area (Å²) in [6.45, 7) is 9.74. The fourth-order valence-corrected chi connectivity index (χ4v) is 3.68. The second-order valence-electron chi connectivity index (χ2n) is 9.23. The van der Waals surface area contributed by atoms with E-state index in [1.807, 2.05) is 51.1 Å². The number of amides is 2. The van der Waals surface area contributed by atoms with Crippen LogP contribution in [0.15, 0.2) is 67.3 Å². The van der Waals surface area contributed by atoms with Crippen LogP contribution in [0.25, 0.3) is 0 Å². The molecule has 0 unspecified atom stereocenters. The Morgan fingerprint density at radius 2 is 1.68 bits per heavy atom. The molecule has 0 saturated carbocycles. The number of nitrogens with one attached hydrogen (secondary N) is 1. The topological polar surface area (TPSA) is 120 Å². The van der Waals surface area contributed by atoms with Gasteiger partial charge in [-0.1, -0.05) is 75.9 Å². The van der Waals surface area contributed by atoms with Crippen LogP contribution in [0.1, 0.15) is 31.9 Å². The van der Waals surface area contributed by atoms with Crippen molar-refractivity contribution < 1.29 is 35.8 Å². The van der Waals surface area contributed by atoms with E-state index in [-0.39, 0.29) is 44.1 Å². The van der Waals surface area contributed by atoms with Crippen molar-refractivity contribution in [2.45, 2.75) is 33.9 Å². The van der Waals surface area contributed by atoms with E-state index >= 15 is 0 Å². The van der Waals surface area contributed by atoms with E-state index in [9.17, 15) is 18.0 Å². The molecule has 0 aromatic heterocycles. The van der Waals surface area contributed by atoms with Crippen molar-refractivity contribution in [1.82, 2.24) is 10.2 Å². The highest BCUT2D eigenvalue weighted by Gasteiger charge is 2.20. The van der Waals surface area contributed by atoms with Crippen LogP contribution < -0.4 is 9.50 Å². The Labute approximate surface area is 218 Å². The zero-order valence-electron chi connectivity index (χ0n) is 21.3. The van der Waals surface area contributed by atoms with Crippen LogP contribution in [0, 0.1) is 5.41 Å². The first-order valence-corrected chi connectivity index (χ1v) is 13.0. The van der Waals surface area contributed by atoms with Crippen LogP contribution in [-0.2, 0) is 37.2 Å². The first kappa shape index (κ1) is 29.7. The summed E-state index contributed by atoms with van der Waals surface area (Å²) in [4.78, 5) is 25.9. The minimum Gasteiger partial charge on any atom is -0.445 e. The number of carbonyl (C=O) groups is 2. The van der Waals surface area contributed by atoms with Crippen LogP contribution in [-0.4, -0.2) is 51.8 Å². The van der Waals surface area contributed by atoms with E-state index in [0.717, 1.165) is 5.56 Å². The predicted molar refractivity (Wildman–Crippen MR) is 138 cm³/mol. The third kappa shape index (κ3) is 12.3. The van der Waals surface area contributed by atoms with Crippen LogP contribution in [0.5, 0.6) is 5.75 Å². The molecule has 0 heterocycles. The quantitative estimate of drug-likeness (QED) is 0.375. The largest absolute Gasteiger partial charge is 0.449 e.